The molecule has 4 unspecified atom stereocenters. The Morgan fingerprint density at radius 3 is 2.09 bits per heavy atom. The molecule has 0 aliphatic carbocycles. The first-order valence-corrected chi connectivity index (χ1v) is 30.2. The zero-order chi connectivity index (χ0) is 67.0. The van der Waals surface area contributed by atoms with Crippen molar-refractivity contribution in [2.75, 3.05) is 42.0 Å². The Bertz CT molecular complexity index is 2920. The van der Waals surface area contributed by atoms with Gasteiger partial charge in [-0.1, -0.05) is 84.4 Å². The largest absolute Gasteiger partial charge is 0.470 e. The van der Waals surface area contributed by atoms with Crippen LogP contribution in [0.25, 0.3) is 0 Å². The maximum absolute atomic E-state index is 15.0. The first kappa shape index (κ1) is 72.9. The van der Waals surface area contributed by atoms with Crippen LogP contribution in [0.4, 0.5) is 5.69 Å². The summed E-state index contributed by atoms with van der Waals surface area (Å²) in [6, 6.07) is 9.07. The molecule has 3 heterocycles. The molecule has 2 saturated heterocycles. The lowest BCUT2D eigenvalue weighted by atomic mass is 9.89. The number of methoxy groups -OCH3 is 3. The van der Waals surface area contributed by atoms with Crippen LogP contribution in [0.3, 0.4) is 0 Å². The van der Waals surface area contributed by atoms with Crippen LogP contribution in [0.2, 0.25) is 0 Å². The molecular weight excluding hydrogens is 1170 g/mol. The zero-order valence-corrected chi connectivity index (χ0v) is 54.1. The van der Waals surface area contributed by atoms with Crippen molar-refractivity contribution < 1.29 is 91.0 Å². The van der Waals surface area contributed by atoms with Gasteiger partial charge in [0.1, 0.15) is 18.2 Å². The fraction of sp³-hybridized carbons (Fsp3) is 0.625. The number of rotatable bonds is 29. The molecule has 0 aromatic heterocycles. The molecule has 90 heavy (non-hydrogen) atoms. The maximum atomic E-state index is 15.0. The van der Waals surface area contributed by atoms with E-state index in [2.05, 4.69) is 16.6 Å². The standard InChI is InChI=1S/C64H90N6O20/c1-17-23-46(43-28-29-47(45(32-43)70(80)81)89-64-59(87-41(11)73)57(86-40(10)72)56(85-39(9)71)58(90-64)63(79)84-16)88-50-30-27-36(6)53(67(50)12)61(77)66-51(34(3)4)62(78)68(13)52(35(5)18-2)48(82-14)33-49(74)69-31-22-26-44(69)55(83-15)37(7)60(76)65-38(8)54(75)42-24-20-19-21-25-42/h1,19-21,24-25,28-30,32,34-38,44,46,48,51-59,64,75H,18,22-23,26-27,31,33H2,2-16H3,(H,65,76)(H,66,77)/t35-,36?,37+,38+,44-,46?,48+,51-,52-,53-,54+,55+,56-,57?,58?,59-,64+/m0/s1. The van der Waals surface area contributed by atoms with Crippen LogP contribution in [0.5, 0.6) is 5.75 Å². The highest BCUT2D eigenvalue weighted by molar-refractivity contribution is 5.90. The van der Waals surface area contributed by atoms with Crippen molar-refractivity contribution in [2.24, 2.45) is 23.7 Å². The third-order valence-corrected chi connectivity index (χ3v) is 16.9. The van der Waals surface area contributed by atoms with Gasteiger partial charge < -0.3 is 73.1 Å². The highest BCUT2D eigenvalue weighted by Crippen LogP contribution is 2.39. The van der Waals surface area contributed by atoms with E-state index in [0.717, 1.165) is 33.9 Å². The Morgan fingerprint density at radius 1 is 0.889 bits per heavy atom. The van der Waals surface area contributed by atoms with E-state index < -0.39 is 149 Å². The number of hydrogen-bond donors (Lipinski definition) is 3. The third kappa shape index (κ3) is 18.0. The molecule has 2 fully saturated rings. The van der Waals surface area contributed by atoms with Gasteiger partial charge in [-0.3, -0.25) is 43.7 Å². The van der Waals surface area contributed by atoms with E-state index in [1.54, 1.807) is 60.9 Å². The first-order valence-electron chi connectivity index (χ1n) is 30.2. The summed E-state index contributed by atoms with van der Waals surface area (Å²) in [6.45, 7) is 16.3. The quantitative estimate of drug-likeness (QED) is 0.0309. The SMILES string of the molecule is C#CCC(OC1=CCC(C)[C@@H](C(=O)N[C@H](C(=O)N(C)[C@@H]([C@@H](C)CC)[C@@H](CC(=O)N2CCC[C@H]2[C@H](OC)[C@@H](C)C(=O)N[C@H](C)[C@@H](O)c2ccccc2)OC)C(C)C)N1C)c1ccc(O[C@@H]2OC(C(=O)OC)[C@@H](OC(C)=O)C(OC(C)=O)[C@@H]2OC(C)=O)c([N+](=O)[O-])c1. The lowest BCUT2D eigenvalue weighted by molar-refractivity contribution is -0.387. The predicted octanol–water partition coefficient (Wildman–Crippen LogP) is 5.23. The summed E-state index contributed by atoms with van der Waals surface area (Å²) in [5, 5.41) is 29.8. The van der Waals surface area contributed by atoms with Crippen molar-refractivity contribution in [3.8, 4) is 18.1 Å². The Morgan fingerprint density at radius 2 is 1.52 bits per heavy atom. The molecule has 0 bridgehead atoms. The topological polar surface area (TPSA) is 317 Å². The number of terminal acetylenes is 1. The molecule has 5 rings (SSSR count). The van der Waals surface area contributed by atoms with E-state index in [-0.39, 0.29) is 47.9 Å². The van der Waals surface area contributed by atoms with Crippen molar-refractivity contribution in [1.82, 2.24) is 25.3 Å². The van der Waals surface area contributed by atoms with Crippen LogP contribution in [0.15, 0.2) is 60.5 Å². The predicted molar refractivity (Wildman–Crippen MR) is 324 cm³/mol. The summed E-state index contributed by atoms with van der Waals surface area (Å²) in [5.74, 6) is -4.83. The Hall–Kier alpha value is -7.86. The van der Waals surface area contributed by atoms with Gasteiger partial charge in [0.05, 0.1) is 67.2 Å². The molecule has 2 aromatic rings. The van der Waals surface area contributed by atoms with Gasteiger partial charge >= 0.3 is 29.6 Å². The number of nitro benzene ring substituents is 1. The number of benzene rings is 2. The second-order valence-electron chi connectivity index (χ2n) is 23.6. The number of esters is 4. The number of hydrogen-bond acceptors (Lipinski definition) is 21. The minimum absolute atomic E-state index is 0.104. The minimum atomic E-state index is -1.91. The van der Waals surface area contributed by atoms with E-state index in [9.17, 15) is 53.6 Å². The Kier molecular flexibility index (Phi) is 26.9. The van der Waals surface area contributed by atoms with Gasteiger partial charge in [-0.25, -0.2) is 4.79 Å². The fourth-order valence-electron chi connectivity index (χ4n) is 12.1. The third-order valence-electron chi connectivity index (χ3n) is 16.9. The van der Waals surface area contributed by atoms with Gasteiger partial charge in [-0.05, 0) is 61.6 Å². The van der Waals surface area contributed by atoms with Gasteiger partial charge in [0.2, 0.25) is 36.0 Å². The number of amides is 4. The second kappa shape index (κ2) is 33.3. The number of nitrogens with one attached hydrogen (secondary N) is 2. The molecule has 0 radical (unpaired) electrons. The number of aliphatic hydroxyl groups excluding tert-OH is 1. The number of likely N-dealkylation sites (tertiary alicyclic amines) is 1. The number of aliphatic hydroxyl groups is 1. The number of nitrogens with zero attached hydrogens (tertiary/aromatic N) is 4. The zero-order valence-electron chi connectivity index (χ0n) is 54.1. The van der Waals surface area contributed by atoms with Crippen molar-refractivity contribution >= 4 is 53.2 Å². The lowest BCUT2D eigenvalue weighted by Crippen LogP contribution is -2.64. The number of nitro groups is 1. The molecule has 26 nitrogen and oxygen atoms in total. The van der Waals surface area contributed by atoms with Gasteiger partial charge in [-0.15, -0.1) is 12.3 Å². The highest BCUT2D eigenvalue weighted by Gasteiger charge is 2.56. The summed E-state index contributed by atoms with van der Waals surface area (Å²) in [7, 11) is 7.27. The van der Waals surface area contributed by atoms with Crippen LogP contribution in [-0.2, 0) is 76.3 Å². The van der Waals surface area contributed by atoms with E-state index in [0.29, 0.717) is 37.8 Å². The average Bonchev–Trinajstić information content (AvgIpc) is 0.921. The van der Waals surface area contributed by atoms with E-state index in [1.165, 1.54) is 26.4 Å². The summed E-state index contributed by atoms with van der Waals surface area (Å²) >= 11 is 0. The van der Waals surface area contributed by atoms with Crippen LogP contribution in [0, 0.1) is 46.1 Å². The van der Waals surface area contributed by atoms with Crippen molar-refractivity contribution in [2.45, 2.75) is 193 Å². The lowest BCUT2D eigenvalue weighted by Gasteiger charge is -2.43. The second-order valence-corrected chi connectivity index (χ2v) is 23.6. The van der Waals surface area contributed by atoms with Gasteiger partial charge in [0, 0.05) is 67.3 Å². The molecule has 3 N–H and O–H groups in total. The number of carbonyl (C=O) groups is 8. The normalized spacial score (nSPS) is 23.7. The van der Waals surface area contributed by atoms with E-state index in [4.69, 9.17) is 49.1 Å². The molecule has 3 aliphatic rings. The van der Waals surface area contributed by atoms with Gasteiger partial charge in [0.25, 0.3) is 0 Å². The van der Waals surface area contributed by atoms with Crippen molar-refractivity contribution in [3.63, 3.8) is 0 Å². The van der Waals surface area contributed by atoms with Crippen LogP contribution in [-0.4, -0.2) is 187 Å². The highest BCUT2D eigenvalue weighted by atomic mass is 16.7. The molecular formula is C64H90N6O20. The molecule has 3 aliphatic heterocycles. The molecule has 0 saturated carbocycles. The smallest absolute Gasteiger partial charge is 0.339 e. The molecule has 0 spiro atoms. The van der Waals surface area contributed by atoms with E-state index >= 15 is 0 Å². The first-order chi connectivity index (χ1) is 42.5. The Balaban J connectivity index is 1.33. The minimum Gasteiger partial charge on any atom is -0.470 e. The average molecular weight is 1260 g/mol. The fourth-order valence-corrected chi connectivity index (χ4v) is 12.1. The summed E-state index contributed by atoms with van der Waals surface area (Å²) < 4.78 is 51.4. The molecule has 17 atom stereocenters. The summed E-state index contributed by atoms with van der Waals surface area (Å²) in [6.07, 6.45) is -2.93. The number of carbonyl (C=O) groups excluding carboxylic acids is 8. The molecule has 496 valence electrons. The van der Waals surface area contributed by atoms with Crippen molar-refractivity contribution in [3.05, 3.63) is 81.7 Å². The molecule has 26 heteroatoms. The van der Waals surface area contributed by atoms with Crippen LogP contribution >= 0.6 is 0 Å². The summed E-state index contributed by atoms with van der Waals surface area (Å²) in [5.41, 5.74) is 0.168. The Labute approximate surface area is 526 Å². The number of allylic oxidation sites excluding steroid dienone is 1. The molecule has 4 amide bonds. The number of ether oxygens (including phenoxy) is 9. The van der Waals surface area contributed by atoms with Crippen LogP contribution in [0.1, 0.15) is 131 Å². The monoisotopic (exact) mass is 1260 g/mol. The molecule has 2 aromatic carbocycles. The van der Waals surface area contributed by atoms with Crippen molar-refractivity contribution in [1.29, 1.82) is 0 Å². The number of likely N-dealkylation sites (N-methyl/N-ethyl adjacent to an activating group) is 2. The van der Waals surface area contributed by atoms with E-state index in [1.807, 2.05) is 52.8 Å². The van der Waals surface area contributed by atoms with Crippen LogP contribution < -0.4 is 15.4 Å². The maximum Gasteiger partial charge on any atom is 0.339 e. The van der Waals surface area contributed by atoms with Gasteiger partial charge in [-0.2, -0.15) is 0 Å². The van der Waals surface area contributed by atoms with Gasteiger partial charge in [0.15, 0.2) is 29.9 Å². The summed E-state index contributed by atoms with van der Waals surface area (Å²) in [4.78, 5) is 125.